The van der Waals surface area contributed by atoms with Crippen molar-refractivity contribution in [2.45, 2.75) is 12.6 Å². The van der Waals surface area contributed by atoms with Crippen molar-refractivity contribution in [1.82, 2.24) is 14.4 Å². The number of methoxy groups -OCH3 is 1. The van der Waals surface area contributed by atoms with E-state index in [-0.39, 0.29) is 12.3 Å². The van der Waals surface area contributed by atoms with Gasteiger partial charge in [-0.15, -0.1) is 0 Å². The third kappa shape index (κ3) is 4.50. The zero-order chi connectivity index (χ0) is 22.0. The van der Waals surface area contributed by atoms with Gasteiger partial charge in [0.05, 0.1) is 37.2 Å². The molecule has 6 nitrogen and oxygen atoms in total. The number of alkyl halides is 3. The first-order valence-electron chi connectivity index (χ1n) is 9.27. The van der Waals surface area contributed by atoms with Crippen LogP contribution in [0.5, 0.6) is 5.75 Å². The minimum absolute atomic E-state index is 0.121. The summed E-state index contributed by atoms with van der Waals surface area (Å²) in [4.78, 5) is 20.9. The standard InChI is InChI=1S/C22H17F3N4O2/c1-31-17-7-2-4-14(8-17)9-21(30)28-20-12-27-19-11-26-18(13-29(19)20)15-5-3-6-16(10-15)22(23,24)25/h2-8,10-13H,9H2,1H3,(H,28,30). The number of ether oxygens (including phenoxy) is 1. The third-order valence-corrected chi connectivity index (χ3v) is 4.65. The Kier molecular flexibility index (Phi) is 5.33. The Bertz CT molecular complexity index is 1250. The van der Waals surface area contributed by atoms with Gasteiger partial charge < -0.3 is 10.1 Å². The van der Waals surface area contributed by atoms with E-state index < -0.39 is 11.7 Å². The van der Waals surface area contributed by atoms with Gasteiger partial charge in [0.15, 0.2) is 5.65 Å². The third-order valence-electron chi connectivity index (χ3n) is 4.65. The van der Waals surface area contributed by atoms with E-state index in [1.165, 1.54) is 18.5 Å². The Morgan fingerprint density at radius 2 is 1.90 bits per heavy atom. The maximum atomic E-state index is 13.0. The number of carbonyl (C=O) groups excluding carboxylic acids is 1. The molecule has 0 fully saturated rings. The molecular weight excluding hydrogens is 409 g/mol. The van der Waals surface area contributed by atoms with E-state index in [1.807, 2.05) is 6.07 Å². The van der Waals surface area contributed by atoms with Crippen LogP contribution >= 0.6 is 0 Å². The lowest BCUT2D eigenvalue weighted by Crippen LogP contribution is -2.15. The number of anilines is 1. The summed E-state index contributed by atoms with van der Waals surface area (Å²) in [5.41, 5.74) is 1.09. The van der Waals surface area contributed by atoms with E-state index in [0.717, 1.165) is 17.7 Å². The molecule has 0 atom stereocenters. The van der Waals surface area contributed by atoms with Gasteiger partial charge in [0.2, 0.25) is 5.91 Å². The van der Waals surface area contributed by atoms with Crippen molar-refractivity contribution in [3.8, 4) is 17.0 Å². The Balaban J connectivity index is 1.59. The predicted molar refractivity (Wildman–Crippen MR) is 109 cm³/mol. The molecule has 0 unspecified atom stereocenters. The topological polar surface area (TPSA) is 68.5 Å². The summed E-state index contributed by atoms with van der Waals surface area (Å²) >= 11 is 0. The van der Waals surface area contributed by atoms with Gasteiger partial charge in [-0.1, -0.05) is 24.3 Å². The van der Waals surface area contributed by atoms with Crippen LogP contribution in [0.25, 0.3) is 16.9 Å². The van der Waals surface area contributed by atoms with Crippen molar-refractivity contribution in [1.29, 1.82) is 0 Å². The maximum Gasteiger partial charge on any atom is 0.416 e. The van der Waals surface area contributed by atoms with Crippen molar-refractivity contribution in [3.05, 3.63) is 78.2 Å². The van der Waals surface area contributed by atoms with E-state index in [1.54, 1.807) is 42.0 Å². The van der Waals surface area contributed by atoms with Gasteiger partial charge in [-0.05, 0) is 29.8 Å². The number of imidazole rings is 1. The Labute approximate surface area is 175 Å². The fourth-order valence-corrected chi connectivity index (χ4v) is 3.14. The van der Waals surface area contributed by atoms with Crippen LogP contribution in [0, 0.1) is 0 Å². The summed E-state index contributed by atoms with van der Waals surface area (Å²) in [6.07, 6.45) is 0.118. The lowest BCUT2D eigenvalue weighted by atomic mass is 10.1. The zero-order valence-corrected chi connectivity index (χ0v) is 16.3. The van der Waals surface area contributed by atoms with Gasteiger partial charge in [0, 0.05) is 11.8 Å². The van der Waals surface area contributed by atoms with Gasteiger partial charge >= 0.3 is 6.18 Å². The SMILES string of the molecule is COc1cccc(CC(=O)Nc2cnc3cnc(-c4cccc(C(F)(F)F)c4)cn23)c1. The van der Waals surface area contributed by atoms with E-state index in [4.69, 9.17) is 4.74 Å². The second-order valence-corrected chi connectivity index (χ2v) is 6.80. The number of nitrogens with zero attached hydrogens (tertiary/aromatic N) is 3. The van der Waals surface area contributed by atoms with Crippen LogP contribution in [0.2, 0.25) is 0 Å². The average Bonchev–Trinajstić information content (AvgIpc) is 3.15. The average molecular weight is 426 g/mol. The number of benzene rings is 2. The molecule has 2 aromatic heterocycles. The molecule has 0 aliphatic heterocycles. The fraction of sp³-hybridized carbons (Fsp3) is 0.136. The fourth-order valence-electron chi connectivity index (χ4n) is 3.14. The Morgan fingerprint density at radius 1 is 1.10 bits per heavy atom. The molecular formula is C22H17F3N4O2. The number of fused-ring (bicyclic) bond motifs is 1. The number of carbonyl (C=O) groups is 1. The van der Waals surface area contributed by atoms with E-state index in [9.17, 15) is 18.0 Å². The zero-order valence-electron chi connectivity index (χ0n) is 16.3. The van der Waals surface area contributed by atoms with E-state index in [0.29, 0.717) is 28.5 Å². The second kappa shape index (κ2) is 8.10. The minimum Gasteiger partial charge on any atom is -0.497 e. The highest BCUT2D eigenvalue weighted by Crippen LogP contribution is 2.32. The van der Waals surface area contributed by atoms with Crippen LogP contribution in [0.1, 0.15) is 11.1 Å². The number of hydrogen-bond acceptors (Lipinski definition) is 4. The number of nitrogens with one attached hydrogen (secondary N) is 1. The molecule has 0 saturated carbocycles. The van der Waals surface area contributed by atoms with E-state index in [2.05, 4.69) is 15.3 Å². The van der Waals surface area contributed by atoms with Crippen molar-refractivity contribution in [2.75, 3.05) is 12.4 Å². The largest absolute Gasteiger partial charge is 0.497 e. The first kappa shape index (κ1) is 20.4. The summed E-state index contributed by atoms with van der Waals surface area (Å²) in [6.45, 7) is 0. The summed E-state index contributed by atoms with van der Waals surface area (Å²) in [6, 6.07) is 12.1. The molecule has 0 bridgehead atoms. The second-order valence-electron chi connectivity index (χ2n) is 6.80. The summed E-state index contributed by atoms with van der Waals surface area (Å²) < 4.78 is 45.8. The van der Waals surface area contributed by atoms with Gasteiger partial charge in [0.25, 0.3) is 0 Å². The molecule has 4 rings (SSSR count). The lowest BCUT2D eigenvalue weighted by molar-refractivity contribution is -0.137. The molecule has 0 saturated heterocycles. The Morgan fingerprint density at radius 3 is 2.68 bits per heavy atom. The van der Waals surface area contributed by atoms with Crippen LogP contribution in [-0.2, 0) is 17.4 Å². The van der Waals surface area contributed by atoms with Crippen molar-refractivity contribution in [2.24, 2.45) is 0 Å². The van der Waals surface area contributed by atoms with Crippen molar-refractivity contribution >= 4 is 17.4 Å². The smallest absolute Gasteiger partial charge is 0.416 e. The molecule has 4 aromatic rings. The summed E-state index contributed by atoms with van der Waals surface area (Å²) in [5.74, 6) is 0.767. The maximum absolute atomic E-state index is 13.0. The molecule has 0 aliphatic rings. The van der Waals surface area contributed by atoms with Crippen LogP contribution in [0.4, 0.5) is 19.0 Å². The normalized spacial score (nSPS) is 11.5. The molecule has 9 heteroatoms. The highest BCUT2D eigenvalue weighted by Gasteiger charge is 2.30. The molecule has 1 amide bonds. The minimum atomic E-state index is -4.45. The summed E-state index contributed by atoms with van der Waals surface area (Å²) in [7, 11) is 1.55. The molecule has 158 valence electrons. The highest BCUT2D eigenvalue weighted by molar-refractivity contribution is 5.92. The number of aromatic nitrogens is 3. The van der Waals surface area contributed by atoms with Crippen molar-refractivity contribution < 1.29 is 22.7 Å². The molecule has 31 heavy (non-hydrogen) atoms. The van der Waals surface area contributed by atoms with Gasteiger partial charge in [-0.25, -0.2) is 4.98 Å². The monoisotopic (exact) mass is 426 g/mol. The highest BCUT2D eigenvalue weighted by atomic mass is 19.4. The molecule has 0 spiro atoms. The molecule has 0 aliphatic carbocycles. The Hall–Kier alpha value is -3.88. The predicted octanol–water partition coefficient (Wildman–Crippen LogP) is 4.60. The summed E-state index contributed by atoms with van der Waals surface area (Å²) in [5, 5.41) is 2.78. The first-order chi connectivity index (χ1) is 14.8. The number of rotatable bonds is 5. The van der Waals surface area contributed by atoms with Crippen LogP contribution in [0.3, 0.4) is 0 Å². The lowest BCUT2D eigenvalue weighted by Gasteiger charge is -2.10. The van der Waals surface area contributed by atoms with Crippen LogP contribution in [0.15, 0.2) is 67.1 Å². The van der Waals surface area contributed by atoms with Crippen LogP contribution in [-0.4, -0.2) is 27.4 Å². The quantitative estimate of drug-likeness (QED) is 0.506. The van der Waals surface area contributed by atoms with E-state index >= 15 is 0 Å². The first-order valence-corrected chi connectivity index (χ1v) is 9.27. The van der Waals surface area contributed by atoms with Crippen LogP contribution < -0.4 is 10.1 Å². The van der Waals surface area contributed by atoms with Crippen molar-refractivity contribution in [3.63, 3.8) is 0 Å². The van der Waals surface area contributed by atoms with Gasteiger partial charge in [0.1, 0.15) is 11.6 Å². The molecule has 2 aromatic carbocycles. The molecule has 1 N–H and O–H groups in total. The molecule has 0 radical (unpaired) electrons. The number of amides is 1. The number of halogens is 3. The van der Waals surface area contributed by atoms with Gasteiger partial charge in [-0.2, -0.15) is 13.2 Å². The molecule has 2 heterocycles. The van der Waals surface area contributed by atoms with Gasteiger partial charge in [-0.3, -0.25) is 14.2 Å². The number of hydrogen-bond donors (Lipinski definition) is 1.